The molecule has 0 aliphatic carbocycles. The summed E-state index contributed by atoms with van der Waals surface area (Å²) in [6, 6.07) is 20.4. The van der Waals surface area contributed by atoms with Gasteiger partial charge in [-0.05, 0) is 66.8 Å². The molecule has 0 saturated carbocycles. The summed E-state index contributed by atoms with van der Waals surface area (Å²) >= 11 is 5.80. The number of amides is 1. The second-order valence-electron chi connectivity index (χ2n) is 8.95. The summed E-state index contributed by atoms with van der Waals surface area (Å²) in [7, 11) is 2.96. The molecular weight excluding hydrogens is 532 g/mol. The minimum atomic E-state index is -1.02. The van der Waals surface area contributed by atoms with E-state index in [0.717, 1.165) is 5.69 Å². The standard InChI is InChI=1S/C29H26N4O6S/c1-37-16-25(34)31-21-15-19(9-10-23(21)38-2)33-27(26(32-29(33)40)20-8-3-4-13-30-20)24-12-11-22(39-24)17-6-5-7-18(14-17)28(35)36/h3-15,26-27H,16H2,1-2H3,(H,31,34)(H,32,40)(H,35,36)/t26-,27+/m1/s1. The number of carboxylic acid groups (broad SMARTS) is 1. The quantitative estimate of drug-likeness (QED) is 0.246. The van der Waals surface area contributed by atoms with Crippen LogP contribution in [0.1, 0.15) is 33.9 Å². The highest BCUT2D eigenvalue weighted by atomic mass is 32.1. The number of anilines is 2. The topological polar surface area (TPSA) is 126 Å². The Morgan fingerprint density at radius 2 is 1.95 bits per heavy atom. The maximum atomic E-state index is 12.3. The van der Waals surface area contributed by atoms with Crippen molar-refractivity contribution in [3.8, 4) is 17.1 Å². The number of nitrogens with one attached hydrogen (secondary N) is 2. The molecule has 0 unspecified atom stereocenters. The van der Waals surface area contributed by atoms with Crippen molar-refractivity contribution in [3.05, 3.63) is 96.0 Å². The second-order valence-corrected chi connectivity index (χ2v) is 9.34. The highest BCUT2D eigenvalue weighted by molar-refractivity contribution is 7.80. The maximum Gasteiger partial charge on any atom is 0.335 e. The molecular formula is C29H26N4O6S. The lowest BCUT2D eigenvalue weighted by Crippen LogP contribution is -2.29. The SMILES string of the molecule is COCC(=O)Nc1cc(N2C(=S)N[C@H](c3ccccn3)[C@@H]2c2ccc(-c3cccc(C(=O)O)c3)o2)ccc1OC. The lowest BCUT2D eigenvalue weighted by atomic mass is 10.0. The Balaban J connectivity index is 1.58. The molecule has 4 aromatic rings. The van der Waals surface area contributed by atoms with Gasteiger partial charge in [-0.1, -0.05) is 18.2 Å². The number of aromatic nitrogens is 1. The van der Waals surface area contributed by atoms with Crippen LogP contribution in [0.5, 0.6) is 5.75 Å². The Hall–Kier alpha value is -4.74. The van der Waals surface area contributed by atoms with Crippen molar-refractivity contribution in [2.75, 3.05) is 31.0 Å². The number of nitrogens with zero attached hydrogens (tertiary/aromatic N) is 2. The molecule has 2 atom stereocenters. The van der Waals surface area contributed by atoms with E-state index in [2.05, 4.69) is 15.6 Å². The molecule has 1 aliphatic rings. The molecule has 3 N–H and O–H groups in total. The number of ether oxygens (including phenoxy) is 2. The molecule has 11 heteroatoms. The summed E-state index contributed by atoms with van der Waals surface area (Å²) in [4.78, 5) is 30.3. The number of hydrogen-bond acceptors (Lipinski definition) is 7. The van der Waals surface area contributed by atoms with Gasteiger partial charge in [0.25, 0.3) is 0 Å². The number of benzene rings is 2. The Morgan fingerprint density at radius 1 is 1.10 bits per heavy atom. The van der Waals surface area contributed by atoms with Crippen LogP contribution in [0.4, 0.5) is 11.4 Å². The first kappa shape index (κ1) is 26.9. The number of furan rings is 1. The van der Waals surface area contributed by atoms with Crippen molar-refractivity contribution in [1.29, 1.82) is 0 Å². The Labute approximate surface area is 235 Å². The molecule has 1 saturated heterocycles. The zero-order valence-corrected chi connectivity index (χ0v) is 22.5. The Morgan fingerprint density at radius 3 is 2.67 bits per heavy atom. The van der Waals surface area contributed by atoms with E-state index in [1.165, 1.54) is 20.3 Å². The summed E-state index contributed by atoms with van der Waals surface area (Å²) in [5.41, 5.74) is 2.68. The number of thiocarbonyl (C=S) groups is 1. The van der Waals surface area contributed by atoms with Gasteiger partial charge in [-0.15, -0.1) is 0 Å². The van der Waals surface area contributed by atoms with Crippen LogP contribution in [0, 0.1) is 0 Å². The number of hydrogen-bond donors (Lipinski definition) is 3. The van der Waals surface area contributed by atoms with Crippen LogP contribution in [0.2, 0.25) is 0 Å². The van der Waals surface area contributed by atoms with Gasteiger partial charge in [-0.2, -0.15) is 0 Å². The van der Waals surface area contributed by atoms with E-state index in [1.807, 2.05) is 35.2 Å². The van der Waals surface area contributed by atoms with Gasteiger partial charge in [0, 0.05) is 24.6 Å². The van der Waals surface area contributed by atoms with Crippen molar-refractivity contribution in [1.82, 2.24) is 10.3 Å². The number of rotatable bonds is 9. The van der Waals surface area contributed by atoms with Gasteiger partial charge < -0.3 is 34.5 Å². The highest BCUT2D eigenvalue weighted by Crippen LogP contribution is 2.44. The number of pyridine rings is 1. The number of aromatic carboxylic acids is 1. The van der Waals surface area contributed by atoms with E-state index in [-0.39, 0.29) is 24.1 Å². The van der Waals surface area contributed by atoms with Crippen LogP contribution in [-0.2, 0) is 9.53 Å². The monoisotopic (exact) mass is 558 g/mol. The Kier molecular flexibility index (Phi) is 7.76. The van der Waals surface area contributed by atoms with E-state index in [4.69, 9.17) is 26.1 Å². The third-order valence-electron chi connectivity index (χ3n) is 6.42. The minimum absolute atomic E-state index is 0.111. The van der Waals surface area contributed by atoms with Gasteiger partial charge in [0.15, 0.2) is 5.11 Å². The molecule has 5 rings (SSSR count). The fourth-order valence-electron chi connectivity index (χ4n) is 4.66. The van der Waals surface area contributed by atoms with E-state index in [0.29, 0.717) is 39.3 Å². The lowest BCUT2D eigenvalue weighted by molar-refractivity contribution is -0.119. The van der Waals surface area contributed by atoms with Crippen molar-refractivity contribution in [2.45, 2.75) is 12.1 Å². The molecule has 40 heavy (non-hydrogen) atoms. The zero-order valence-electron chi connectivity index (χ0n) is 21.7. The molecule has 204 valence electrons. The predicted octanol–water partition coefficient (Wildman–Crippen LogP) is 4.81. The normalized spacial score (nSPS) is 16.4. The third-order valence-corrected chi connectivity index (χ3v) is 6.74. The molecule has 0 radical (unpaired) electrons. The molecule has 3 heterocycles. The molecule has 2 aromatic heterocycles. The van der Waals surface area contributed by atoms with Gasteiger partial charge in [0.05, 0.1) is 30.1 Å². The number of methoxy groups -OCH3 is 2. The molecule has 1 amide bonds. The first-order valence-electron chi connectivity index (χ1n) is 12.3. The smallest absolute Gasteiger partial charge is 0.335 e. The van der Waals surface area contributed by atoms with Crippen LogP contribution in [0.15, 0.2) is 83.4 Å². The minimum Gasteiger partial charge on any atom is -0.495 e. The van der Waals surface area contributed by atoms with E-state index in [1.54, 1.807) is 42.6 Å². The van der Waals surface area contributed by atoms with Crippen LogP contribution in [0.3, 0.4) is 0 Å². The van der Waals surface area contributed by atoms with Crippen molar-refractivity contribution in [2.24, 2.45) is 0 Å². The van der Waals surface area contributed by atoms with E-state index < -0.39 is 12.0 Å². The summed E-state index contributed by atoms with van der Waals surface area (Å²) in [5, 5.41) is 16.0. The average Bonchev–Trinajstić information content (AvgIpc) is 3.58. The number of carboxylic acids is 1. The summed E-state index contributed by atoms with van der Waals surface area (Å²) in [6.45, 7) is -0.111. The van der Waals surface area contributed by atoms with Crippen molar-refractivity contribution in [3.63, 3.8) is 0 Å². The lowest BCUT2D eigenvalue weighted by Gasteiger charge is -2.27. The molecule has 0 bridgehead atoms. The number of carbonyl (C=O) groups excluding carboxylic acids is 1. The van der Waals surface area contributed by atoms with Gasteiger partial charge in [0.2, 0.25) is 5.91 Å². The number of carbonyl (C=O) groups is 2. The van der Waals surface area contributed by atoms with E-state index >= 15 is 0 Å². The maximum absolute atomic E-state index is 12.3. The van der Waals surface area contributed by atoms with Gasteiger partial charge in [0.1, 0.15) is 29.9 Å². The first-order chi connectivity index (χ1) is 19.4. The van der Waals surface area contributed by atoms with Gasteiger partial charge in [-0.3, -0.25) is 9.78 Å². The summed E-state index contributed by atoms with van der Waals surface area (Å²) < 4.78 is 16.7. The van der Waals surface area contributed by atoms with Crippen LogP contribution >= 0.6 is 12.2 Å². The fraction of sp³-hybridized carbons (Fsp3) is 0.172. The molecule has 10 nitrogen and oxygen atoms in total. The van der Waals surface area contributed by atoms with Gasteiger partial charge >= 0.3 is 5.97 Å². The molecule has 0 spiro atoms. The van der Waals surface area contributed by atoms with Crippen molar-refractivity contribution >= 4 is 40.6 Å². The first-order valence-corrected chi connectivity index (χ1v) is 12.7. The largest absolute Gasteiger partial charge is 0.495 e. The third kappa shape index (κ3) is 5.37. The van der Waals surface area contributed by atoms with Crippen LogP contribution in [-0.4, -0.2) is 47.9 Å². The van der Waals surface area contributed by atoms with Crippen molar-refractivity contribution < 1.29 is 28.6 Å². The predicted molar refractivity (Wildman–Crippen MR) is 153 cm³/mol. The average molecular weight is 559 g/mol. The second kappa shape index (κ2) is 11.6. The molecule has 1 aliphatic heterocycles. The molecule has 1 fully saturated rings. The van der Waals surface area contributed by atoms with Crippen LogP contribution in [0.25, 0.3) is 11.3 Å². The molecule has 2 aromatic carbocycles. The highest BCUT2D eigenvalue weighted by Gasteiger charge is 2.42. The van der Waals surface area contributed by atoms with Crippen LogP contribution < -0.4 is 20.3 Å². The zero-order chi connectivity index (χ0) is 28.2. The summed E-state index contributed by atoms with van der Waals surface area (Å²) in [5.74, 6) is 0.218. The van der Waals surface area contributed by atoms with E-state index in [9.17, 15) is 14.7 Å². The van der Waals surface area contributed by atoms with Gasteiger partial charge in [-0.25, -0.2) is 4.79 Å². The fourth-order valence-corrected chi connectivity index (χ4v) is 5.00. The Bertz CT molecular complexity index is 1560. The summed E-state index contributed by atoms with van der Waals surface area (Å²) in [6.07, 6.45) is 1.71.